The van der Waals surface area contributed by atoms with Gasteiger partial charge in [0.1, 0.15) is 0 Å². The second-order valence-electron chi connectivity index (χ2n) is 1.87. The molecular formula is C5H7N3O2. The molecule has 0 atom stereocenters. The number of urea groups is 1. The van der Waals surface area contributed by atoms with E-state index >= 15 is 0 Å². The molecule has 0 bridgehead atoms. The van der Waals surface area contributed by atoms with Crippen LogP contribution in [0.2, 0.25) is 0 Å². The summed E-state index contributed by atoms with van der Waals surface area (Å²) in [6, 6.07) is -0.425. The largest absolute Gasteiger partial charge is 0.329 e. The van der Waals surface area contributed by atoms with Gasteiger partial charge in [0.15, 0.2) is 5.84 Å². The summed E-state index contributed by atoms with van der Waals surface area (Å²) in [4.78, 5) is 26.1. The first kappa shape index (κ1) is 6.73. The highest BCUT2D eigenvalue weighted by molar-refractivity contribution is 6.46. The summed E-state index contributed by atoms with van der Waals surface area (Å²) in [7, 11) is 2.85. The molecule has 1 N–H and O–H groups in total. The molecule has 1 saturated heterocycles. The van der Waals surface area contributed by atoms with Crippen molar-refractivity contribution in [2.24, 2.45) is 4.99 Å². The molecule has 1 heterocycles. The second kappa shape index (κ2) is 2.09. The Bertz CT molecular complexity index is 221. The first-order valence-electron chi connectivity index (χ1n) is 2.72. The third-order valence-electron chi connectivity index (χ3n) is 1.26. The molecule has 0 saturated carbocycles. The minimum atomic E-state index is -0.425. The lowest BCUT2D eigenvalue weighted by Crippen LogP contribution is -2.25. The Hall–Kier alpha value is -1.39. The molecule has 0 aromatic carbocycles. The predicted octanol–water partition coefficient (Wildman–Crippen LogP) is -0.804. The monoisotopic (exact) mass is 141 g/mol. The molecule has 1 aliphatic heterocycles. The highest BCUT2D eigenvalue weighted by Crippen LogP contribution is 1.96. The van der Waals surface area contributed by atoms with Gasteiger partial charge < -0.3 is 0 Å². The van der Waals surface area contributed by atoms with Gasteiger partial charge in [-0.3, -0.25) is 20.0 Å². The summed E-state index contributed by atoms with van der Waals surface area (Å²) >= 11 is 0. The Morgan fingerprint density at radius 1 is 1.50 bits per heavy atom. The van der Waals surface area contributed by atoms with E-state index in [0.717, 1.165) is 4.90 Å². The third kappa shape index (κ3) is 0.754. The fourth-order valence-electron chi connectivity index (χ4n) is 0.641. The summed E-state index contributed by atoms with van der Waals surface area (Å²) in [6.07, 6.45) is 0. The number of amides is 3. The van der Waals surface area contributed by atoms with Crippen molar-refractivity contribution in [3.05, 3.63) is 0 Å². The van der Waals surface area contributed by atoms with E-state index in [0.29, 0.717) is 0 Å². The molecule has 1 rings (SSSR count). The Labute approximate surface area is 57.7 Å². The minimum Gasteiger partial charge on any atom is -0.287 e. The Balaban J connectivity index is 2.92. The van der Waals surface area contributed by atoms with Gasteiger partial charge in [0.25, 0.3) is 5.91 Å². The van der Waals surface area contributed by atoms with Crippen LogP contribution in [0, 0.1) is 0 Å². The number of amidine groups is 1. The predicted molar refractivity (Wildman–Crippen MR) is 34.7 cm³/mol. The van der Waals surface area contributed by atoms with Crippen LogP contribution in [0.15, 0.2) is 4.99 Å². The Morgan fingerprint density at radius 3 is 2.30 bits per heavy atom. The number of imide groups is 1. The van der Waals surface area contributed by atoms with Gasteiger partial charge in [-0.1, -0.05) is 0 Å². The molecule has 54 valence electrons. The molecule has 10 heavy (non-hydrogen) atoms. The molecule has 5 heteroatoms. The second-order valence-corrected chi connectivity index (χ2v) is 1.87. The van der Waals surface area contributed by atoms with Crippen LogP contribution < -0.4 is 5.32 Å². The van der Waals surface area contributed by atoms with Crippen molar-refractivity contribution in [2.45, 2.75) is 0 Å². The summed E-state index contributed by atoms with van der Waals surface area (Å²) in [5.74, 6) is -0.278. The summed E-state index contributed by atoms with van der Waals surface area (Å²) in [5, 5.41) is 2.29. The van der Waals surface area contributed by atoms with E-state index in [1.54, 1.807) is 0 Å². The summed E-state index contributed by atoms with van der Waals surface area (Å²) in [5.41, 5.74) is 0. The maximum Gasteiger partial charge on any atom is 0.329 e. The molecule has 0 radical (unpaired) electrons. The van der Waals surface area contributed by atoms with E-state index in [-0.39, 0.29) is 11.7 Å². The molecular weight excluding hydrogens is 134 g/mol. The number of likely N-dealkylation sites (N-methyl/N-ethyl adjacent to an activating group) is 1. The Kier molecular flexibility index (Phi) is 1.41. The number of carbonyl (C=O) groups excluding carboxylic acids is 2. The molecule has 5 nitrogen and oxygen atoms in total. The van der Waals surface area contributed by atoms with Crippen molar-refractivity contribution in [2.75, 3.05) is 14.1 Å². The molecule has 0 aliphatic carbocycles. The quantitative estimate of drug-likeness (QED) is 0.449. The normalized spacial score (nSPS) is 22.2. The van der Waals surface area contributed by atoms with Gasteiger partial charge >= 0.3 is 6.03 Å². The van der Waals surface area contributed by atoms with Crippen LogP contribution in [0.1, 0.15) is 0 Å². The van der Waals surface area contributed by atoms with E-state index < -0.39 is 6.03 Å². The first-order valence-corrected chi connectivity index (χ1v) is 2.72. The highest BCUT2D eigenvalue weighted by Gasteiger charge is 2.30. The SMILES string of the molecule is CN=C1NC(=O)N(C)C1=O. The lowest BCUT2D eigenvalue weighted by atomic mass is 10.5. The zero-order valence-electron chi connectivity index (χ0n) is 5.71. The van der Waals surface area contributed by atoms with Crippen molar-refractivity contribution in [3.63, 3.8) is 0 Å². The average Bonchev–Trinajstić information content (AvgIpc) is 2.17. The number of rotatable bonds is 0. The van der Waals surface area contributed by atoms with Crippen molar-refractivity contribution in [3.8, 4) is 0 Å². The van der Waals surface area contributed by atoms with Gasteiger partial charge in [0.05, 0.1) is 0 Å². The number of hydrogen-bond acceptors (Lipinski definition) is 3. The molecule has 1 fully saturated rings. The molecule has 0 aromatic rings. The topological polar surface area (TPSA) is 61.8 Å². The third-order valence-corrected chi connectivity index (χ3v) is 1.26. The first-order chi connectivity index (χ1) is 4.66. The van der Waals surface area contributed by atoms with E-state index in [2.05, 4.69) is 10.3 Å². The van der Waals surface area contributed by atoms with Crippen LogP contribution in [-0.2, 0) is 4.79 Å². The summed E-state index contributed by atoms with van der Waals surface area (Å²) in [6.45, 7) is 0. The lowest BCUT2D eigenvalue weighted by Gasteiger charge is -1.98. The van der Waals surface area contributed by atoms with Crippen LogP contribution in [0.25, 0.3) is 0 Å². The molecule has 0 spiro atoms. The summed E-state index contributed by atoms with van der Waals surface area (Å²) < 4.78 is 0. The molecule has 0 aromatic heterocycles. The van der Waals surface area contributed by atoms with E-state index in [4.69, 9.17) is 0 Å². The van der Waals surface area contributed by atoms with Crippen molar-refractivity contribution in [1.82, 2.24) is 10.2 Å². The maximum absolute atomic E-state index is 10.9. The smallest absolute Gasteiger partial charge is 0.287 e. The van der Waals surface area contributed by atoms with E-state index in [9.17, 15) is 9.59 Å². The number of nitrogens with one attached hydrogen (secondary N) is 1. The van der Waals surface area contributed by atoms with E-state index in [1.165, 1.54) is 14.1 Å². The Morgan fingerprint density at radius 2 is 2.10 bits per heavy atom. The fraction of sp³-hybridized carbons (Fsp3) is 0.400. The van der Waals surface area contributed by atoms with Gasteiger partial charge in [-0.05, 0) is 0 Å². The molecule has 1 aliphatic rings. The van der Waals surface area contributed by atoms with Gasteiger partial charge in [0.2, 0.25) is 0 Å². The van der Waals surface area contributed by atoms with Crippen molar-refractivity contribution < 1.29 is 9.59 Å². The average molecular weight is 141 g/mol. The zero-order chi connectivity index (χ0) is 7.72. The zero-order valence-corrected chi connectivity index (χ0v) is 5.71. The standard InChI is InChI=1S/C5H7N3O2/c1-6-3-4(9)8(2)5(10)7-3/h1-2H3,(H,6,7,10). The van der Waals surface area contributed by atoms with Crippen molar-refractivity contribution >= 4 is 17.8 Å². The number of nitrogens with zero attached hydrogens (tertiary/aromatic N) is 2. The van der Waals surface area contributed by atoms with Gasteiger partial charge in [-0.15, -0.1) is 0 Å². The van der Waals surface area contributed by atoms with E-state index in [1.807, 2.05) is 0 Å². The van der Waals surface area contributed by atoms with Gasteiger partial charge in [-0.2, -0.15) is 0 Å². The van der Waals surface area contributed by atoms with Gasteiger partial charge in [-0.25, -0.2) is 4.79 Å². The van der Waals surface area contributed by atoms with Gasteiger partial charge in [0, 0.05) is 14.1 Å². The maximum atomic E-state index is 10.9. The lowest BCUT2D eigenvalue weighted by molar-refractivity contribution is -0.119. The minimum absolute atomic E-state index is 0.104. The van der Waals surface area contributed by atoms with Crippen LogP contribution in [-0.4, -0.2) is 36.8 Å². The van der Waals surface area contributed by atoms with Crippen LogP contribution in [0.3, 0.4) is 0 Å². The highest BCUT2D eigenvalue weighted by atomic mass is 16.2. The van der Waals surface area contributed by atoms with Crippen LogP contribution >= 0.6 is 0 Å². The molecule has 3 amide bonds. The molecule has 0 unspecified atom stereocenters. The number of hydrogen-bond donors (Lipinski definition) is 1. The van der Waals surface area contributed by atoms with Crippen LogP contribution in [0.5, 0.6) is 0 Å². The van der Waals surface area contributed by atoms with Crippen LogP contribution in [0.4, 0.5) is 4.79 Å². The number of carbonyl (C=O) groups is 2. The fourth-order valence-corrected chi connectivity index (χ4v) is 0.641. The number of aliphatic imine (C=N–C) groups is 1. The van der Waals surface area contributed by atoms with Crippen molar-refractivity contribution in [1.29, 1.82) is 0 Å².